The minimum atomic E-state index is 0.179. The van der Waals surface area contributed by atoms with Crippen LogP contribution in [0.15, 0.2) is 85.2 Å². The molecule has 176 valence electrons. The van der Waals surface area contributed by atoms with E-state index in [1.165, 1.54) is 0 Å². The van der Waals surface area contributed by atoms with Crippen molar-refractivity contribution in [2.24, 2.45) is 0 Å². The van der Waals surface area contributed by atoms with Crippen molar-refractivity contribution in [3.63, 3.8) is 0 Å². The summed E-state index contributed by atoms with van der Waals surface area (Å²) in [5.74, 6) is 0.179. The first-order valence-corrected chi connectivity index (χ1v) is 12.4. The van der Waals surface area contributed by atoms with Gasteiger partial charge in [0.1, 0.15) is 0 Å². The Bertz CT molecular complexity index is 665. The van der Waals surface area contributed by atoms with Gasteiger partial charge in [-0.25, -0.2) is 0 Å². The molecule has 1 aliphatic heterocycles. The highest BCUT2D eigenvalue weighted by atomic mass is 16.1. The van der Waals surface area contributed by atoms with Crippen molar-refractivity contribution in [3.05, 3.63) is 85.2 Å². The molecule has 0 atom stereocenters. The van der Waals surface area contributed by atoms with Gasteiger partial charge in [-0.1, -0.05) is 79.8 Å². The zero-order valence-corrected chi connectivity index (χ0v) is 20.1. The molecule has 3 heteroatoms. The van der Waals surface area contributed by atoms with Crippen LogP contribution in [0, 0.1) is 0 Å². The molecule has 0 saturated carbocycles. The average molecular weight is 437 g/mol. The number of hydrogen-bond acceptors (Lipinski definition) is 2. The highest BCUT2D eigenvalue weighted by molar-refractivity contribution is 5.75. The van der Waals surface area contributed by atoms with Crippen LogP contribution < -0.4 is 5.32 Å². The van der Waals surface area contributed by atoms with Gasteiger partial charge in [0.2, 0.25) is 5.91 Å². The van der Waals surface area contributed by atoms with Gasteiger partial charge in [0.05, 0.1) is 0 Å². The molecular weight excluding hydrogens is 392 g/mol. The molecule has 1 heterocycles. The highest BCUT2D eigenvalue weighted by Crippen LogP contribution is 2.02. The largest absolute Gasteiger partial charge is 0.374 e. The SMILES string of the molecule is CC/C=C\C/C=C\C/C=C\C/C=C\C/C=C\CCCC(=O)NCCCCN1C=CC=CC1. The van der Waals surface area contributed by atoms with Crippen LogP contribution in [0.25, 0.3) is 0 Å². The lowest BCUT2D eigenvalue weighted by Crippen LogP contribution is -2.25. The summed E-state index contributed by atoms with van der Waals surface area (Å²) in [5, 5.41) is 3.04. The van der Waals surface area contributed by atoms with Gasteiger partial charge in [0, 0.05) is 26.1 Å². The van der Waals surface area contributed by atoms with Crippen LogP contribution >= 0.6 is 0 Å². The van der Waals surface area contributed by atoms with Gasteiger partial charge >= 0.3 is 0 Å². The lowest BCUT2D eigenvalue weighted by Gasteiger charge is -2.20. The normalized spacial score (nSPS) is 14.3. The van der Waals surface area contributed by atoms with E-state index >= 15 is 0 Å². The number of carbonyl (C=O) groups excluding carboxylic acids is 1. The molecule has 1 N–H and O–H groups in total. The van der Waals surface area contributed by atoms with Crippen LogP contribution in [0.3, 0.4) is 0 Å². The maximum Gasteiger partial charge on any atom is 0.220 e. The Hall–Kier alpha value is -2.55. The van der Waals surface area contributed by atoms with E-state index in [-0.39, 0.29) is 5.91 Å². The number of allylic oxidation sites excluding steroid dienone is 12. The third kappa shape index (κ3) is 18.2. The summed E-state index contributed by atoms with van der Waals surface area (Å²) in [4.78, 5) is 14.2. The molecule has 0 unspecified atom stereocenters. The molecule has 0 radical (unpaired) electrons. The quantitative estimate of drug-likeness (QED) is 0.182. The van der Waals surface area contributed by atoms with Crippen LogP contribution in [0.2, 0.25) is 0 Å². The first kappa shape index (κ1) is 27.5. The molecule has 1 amide bonds. The van der Waals surface area contributed by atoms with Crippen molar-refractivity contribution < 1.29 is 4.79 Å². The van der Waals surface area contributed by atoms with Crippen molar-refractivity contribution in [2.75, 3.05) is 19.6 Å². The van der Waals surface area contributed by atoms with E-state index in [9.17, 15) is 4.79 Å². The average Bonchev–Trinajstić information content (AvgIpc) is 2.81. The van der Waals surface area contributed by atoms with Gasteiger partial charge in [-0.2, -0.15) is 0 Å². The van der Waals surface area contributed by atoms with Gasteiger partial charge in [0.15, 0.2) is 0 Å². The fourth-order valence-electron chi connectivity index (χ4n) is 3.18. The van der Waals surface area contributed by atoms with Gasteiger partial charge in [-0.3, -0.25) is 4.79 Å². The number of nitrogens with zero attached hydrogens (tertiary/aromatic N) is 1. The van der Waals surface area contributed by atoms with E-state index < -0.39 is 0 Å². The number of hydrogen-bond donors (Lipinski definition) is 1. The molecular formula is C29H44N2O. The molecule has 1 rings (SSSR count). The Kier molecular flexibility index (Phi) is 18.6. The maximum absolute atomic E-state index is 11.9. The second-order valence-corrected chi connectivity index (χ2v) is 7.92. The zero-order valence-electron chi connectivity index (χ0n) is 20.1. The molecule has 0 aromatic heterocycles. The fourth-order valence-corrected chi connectivity index (χ4v) is 3.18. The molecule has 32 heavy (non-hydrogen) atoms. The van der Waals surface area contributed by atoms with Gasteiger partial charge in [0.25, 0.3) is 0 Å². The minimum absolute atomic E-state index is 0.179. The molecule has 0 aromatic carbocycles. The molecule has 0 spiro atoms. The van der Waals surface area contributed by atoms with Crippen LogP contribution in [0.5, 0.6) is 0 Å². The zero-order chi connectivity index (χ0) is 23.0. The van der Waals surface area contributed by atoms with E-state index in [2.05, 4.69) is 102 Å². The summed E-state index contributed by atoms with van der Waals surface area (Å²) in [6.45, 7) is 5.00. The van der Waals surface area contributed by atoms with Crippen LogP contribution in [0.1, 0.15) is 71.1 Å². The number of rotatable bonds is 18. The van der Waals surface area contributed by atoms with Gasteiger partial charge in [-0.15, -0.1) is 0 Å². The van der Waals surface area contributed by atoms with Crippen molar-refractivity contribution in [2.45, 2.75) is 71.1 Å². The van der Waals surface area contributed by atoms with Crippen molar-refractivity contribution in [3.8, 4) is 0 Å². The maximum atomic E-state index is 11.9. The van der Waals surface area contributed by atoms with E-state index in [0.29, 0.717) is 6.42 Å². The molecule has 0 bridgehead atoms. The summed E-state index contributed by atoms with van der Waals surface area (Å²) in [6.07, 6.45) is 40.3. The molecule has 3 nitrogen and oxygen atoms in total. The summed E-state index contributed by atoms with van der Waals surface area (Å²) >= 11 is 0. The molecule has 1 aliphatic rings. The Morgan fingerprint density at radius 3 is 2.03 bits per heavy atom. The first-order valence-electron chi connectivity index (χ1n) is 12.4. The summed E-state index contributed by atoms with van der Waals surface area (Å²) in [5.41, 5.74) is 0. The lowest BCUT2D eigenvalue weighted by atomic mass is 10.2. The smallest absolute Gasteiger partial charge is 0.220 e. The molecule has 0 aliphatic carbocycles. The Balaban J connectivity index is 1.88. The number of carbonyl (C=O) groups is 1. The van der Waals surface area contributed by atoms with Crippen molar-refractivity contribution in [1.29, 1.82) is 0 Å². The third-order valence-electron chi connectivity index (χ3n) is 5.01. The molecule has 0 aromatic rings. The van der Waals surface area contributed by atoms with E-state index in [1.807, 2.05) is 0 Å². The second kappa shape index (κ2) is 21.7. The number of nitrogens with one attached hydrogen (secondary N) is 1. The monoisotopic (exact) mass is 436 g/mol. The van der Waals surface area contributed by atoms with Gasteiger partial charge < -0.3 is 10.2 Å². The summed E-state index contributed by atoms with van der Waals surface area (Å²) < 4.78 is 0. The van der Waals surface area contributed by atoms with Crippen LogP contribution in [-0.4, -0.2) is 30.4 Å². The predicted molar refractivity (Wildman–Crippen MR) is 140 cm³/mol. The fraction of sp³-hybridized carbons (Fsp3) is 0.483. The van der Waals surface area contributed by atoms with E-state index in [1.54, 1.807) is 0 Å². The second-order valence-electron chi connectivity index (χ2n) is 7.92. The lowest BCUT2D eigenvalue weighted by molar-refractivity contribution is -0.121. The third-order valence-corrected chi connectivity index (χ3v) is 5.01. The standard InChI is InChI=1S/C29H44N2O/c1-2-3-4-5-6-7-8-9-10-11-12-13-14-15-16-17-19-24-29(32)30-25-20-23-28-31-26-21-18-22-27-31/h3-4,6-7,9-10,12-13,15-16,18,21-22,26H,2,5,8,11,14,17,19-20,23-25,27-28H2,1H3,(H,30,32)/b4-3-,7-6-,10-9-,13-12-,16-15-. The molecule has 0 fully saturated rings. The Morgan fingerprint density at radius 1 is 0.812 bits per heavy atom. The minimum Gasteiger partial charge on any atom is -0.374 e. The number of amides is 1. The summed E-state index contributed by atoms with van der Waals surface area (Å²) in [6, 6.07) is 0. The highest BCUT2D eigenvalue weighted by Gasteiger charge is 2.01. The van der Waals surface area contributed by atoms with Gasteiger partial charge in [-0.05, 0) is 70.1 Å². The Labute approximate surface area is 197 Å². The van der Waals surface area contributed by atoms with E-state index in [0.717, 1.165) is 77.4 Å². The van der Waals surface area contributed by atoms with Crippen LogP contribution in [0.4, 0.5) is 0 Å². The van der Waals surface area contributed by atoms with E-state index in [4.69, 9.17) is 0 Å². The Morgan fingerprint density at radius 2 is 1.44 bits per heavy atom. The van der Waals surface area contributed by atoms with Crippen LogP contribution in [-0.2, 0) is 4.79 Å². The van der Waals surface area contributed by atoms with Crippen molar-refractivity contribution in [1.82, 2.24) is 10.2 Å². The number of unbranched alkanes of at least 4 members (excludes halogenated alkanes) is 2. The first-order chi connectivity index (χ1) is 15.8. The topological polar surface area (TPSA) is 32.3 Å². The van der Waals surface area contributed by atoms with Crippen molar-refractivity contribution >= 4 is 5.91 Å². The predicted octanol–water partition coefficient (Wildman–Crippen LogP) is 7.19. The summed E-state index contributed by atoms with van der Waals surface area (Å²) in [7, 11) is 0. The molecule has 0 saturated heterocycles.